The number of alkyl halides is 1. The van der Waals surface area contributed by atoms with E-state index in [1.165, 1.54) is 16.2 Å². The van der Waals surface area contributed by atoms with Crippen molar-refractivity contribution in [2.75, 3.05) is 51.3 Å². The van der Waals surface area contributed by atoms with E-state index in [2.05, 4.69) is 20.2 Å². The summed E-state index contributed by atoms with van der Waals surface area (Å²) in [6, 6.07) is 5.55. The van der Waals surface area contributed by atoms with Gasteiger partial charge in [-0.15, -0.1) is 11.3 Å². The Morgan fingerprint density at radius 1 is 1.35 bits per heavy atom. The minimum absolute atomic E-state index is 0.0800. The predicted octanol–water partition coefficient (Wildman–Crippen LogP) is 2.70. The zero-order valence-corrected chi connectivity index (χ0v) is 21.9. The number of fused-ring (bicyclic) bond motifs is 1. The smallest absolute Gasteiger partial charge is 0.337 e. The first-order valence-corrected chi connectivity index (χ1v) is 13.2. The third-order valence-electron chi connectivity index (χ3n) is 7.11. The third kappa shape index (κ3) is 4.73. The molecule has 3 aliphatic rings. The molecule has 4 heterocycles. The summed E-state index contributed by atoms with van der Waals surface area (Å²) in [7, 11) is 1.55. The van der Waals surface area contributed by atoms with Crippen molar-refractivity contribution < 1.29 is 23.5 Å². The Labute approximate surface area is 219 Å². The van der Waals surface area contributed by atoms with Gasteiger partial charge in [0.2, 0.25) is 0 Å². The Morgan fingerprint density at radius 3 is 2.92 bits per heavy atom. The summed E-state index contributed by atoms with van der Waals surface area (Å²) in [6.45, 7) is 5.53. The molecule has 0 spiro atoms. The number of hydrogen-bond acceptors (Lipinski definition) is 9. The van der Waals surface area contributed by atoms with Crippen LogP contribution in [0.15, 0.2) is 46.0 Å². The number of methoxy groups -OCH3 is 1. The summed E-state index contributed by atoms with van der Waals surface area (Å²) >= 11 is 1.45. The van der Waals surface area contributed by atoms with E-state index in [1.807, 2.05) is 30.5 Å². The van der Waals surface area contributed by atoms with Crippen molar-refractivity contribution in [2.45, 2.75) is 25.9 Å². The summed E-state index contributed by atoms with van der Waals surface area (Å²) < 4.78 is 26.9. The van der Waals surface area contributed by atoms with Crippen LogP contribution in [0.4, 0.5) is 10.1 Å². The molecular weight excluding hydrogens is 497 g/mol. The second-order valence-corrected chi connectivity index (χ2v) is 10.3. The van der Waals surface area contributed by atoms with E-state index in [0.29, 0.717) is 48.2 Å². The summed E-state index contributed by atoms with van der Waals surface area (Å²) in [5, 5.41) is 5.86. The highest BCUT2D eigenvalue weighted by Crippen LogP contribution is 2.44. The van der Waals surface area contributed by atoms with Gasteiger partial charge in [0, 0.05) is 55.8 Å². The number of piperidine rings is 1. The number of benzene rings is 1. The van der Waals surface area contributed by atoms with Crippen LogP contribution < -0.4 is 15.0 Å². The summed E-state index contributed by atoms with van der Waals surface area (Å²) in [5.41, 5.74) is 0.774. The van der Waals surface area contributed by atoms with E-state index in [-0.39, 0.29) is 26.1 Å². The minimum atomic E-state index is -1.93. The van der Waals surface area contributed by atoms with Crippen molar-refractivity contribution in [1.82, 2.24) is 15.2 Å². The van der Waals surface area contributed by atoms with Gasteiger partial charge in [0.15, 0.2) is 16.5 Å². The number of halogens is 1. The largest absolute Gasteiger partial charge is 0.495 e. The molecule has 0 radical (unpaired) electrons. The van der Waals surface area contributed by atoms with Crippen LogP contribution in [-0.2, 0) is 14.3 Å². The number of nitrogens with one attached hydrogen (secondary N) is 1. The zero-order chi connectivity index (χ0) is 26.2. The highest BCUT2D eigenvalue weighted by atomic mass is 32.1. The molecule has 196 valence electrons. The number of amides is 1. The number of nitrogens with zero attached hydrogens (tertiary/aromatic N) is 4. The lowest BCUT2D eigenvalue weighted by molar-refractivity contribution is -0.138. The fraction of sp³-hybridized carbons (Fsp3) is 0.462. The SMILES string of the molecule is CCOC(=O)C1=C(CN2CCC3(F)C(=O)N(c4ccc(C)cc4OC)CC3C2)NC(c2nccs2)=NC1. The summed E-state index contributed by atoms with van der Waals surface area (Å²) in [4.78, 5) is 38.3. The lowest BCUT2D eigenvalue weighted by Crippen LogP contribution is -2.52. The molecule has 5 rings (SSSR count). The average Bonchev–Trinajstić information content (AvgIpc) is 3.52. The van der Waals surface area contributed by atoms with Crippen molar-refractivity contribution in [3.05, 3.63) is 51.6 Å². The highest BCUT2D eigenvalue weighted by Gasteiger charge is 2.57. The lowest BCUT2D eigenvalue weighted by atomic mass is 9.85. The van der Waals surface area contributed by atoms with E-state index in [4.69, 9.17) is 9.47 Å². The summed E-state index contributed by atoms with van der Waals surface area (Å²) in [5.74, 6) is -0.292. The monoisotopic (exact) mass is 527 g/mol. The van der Waals surface area contributed by atoms with Gasteiger partial charge in [0.25, 0.3) is 5.91 Å². The molecule has 1 N–H and O–H groups in total. The molecule has 11 heteroatoms. The van der Waals surface area contributed by atoms with Gasteiger partial charge in [-0.25, -0.2) is 14.2 Å². The number of ether oxygens (including phenoxy) is 2. The van der Waals surface area contributed by atoms with Crippen LogP contribution >= 0.6 is 11.3 Å². The number of likely N-dealkylation sites (tertiary alicyclic amines) is 1. The molecule has 2 atom stereocenters. The molecule has 2 fully saturated rings. The zero-order valence-electron chi connectivity index (χ0n) is 21.1. The first kappa shape index (κ1) is 25.3. The molecule has 1 aromatic heterocycles. The molecule has 3 aliphatic heterocycles. The quantitative estimate of drug-likeness (QED) is 0.553. The molecule has 1 aromatic carbocycles. The van der Waals surface area contributed by atoms with Crippen LogP contribution in [0.25, 0.3) is 0 Å². The van der Waals surface area contributed by atoms with Crippen molar-refractivity contribution in [3.8, 4) is 5.75 Å². The van der Waals surface area contributed by atoms with Crippen molar-refractivity contribution in [2.24, 2.45) is 10.9 Å². The van der Waals surface area contributed by atoms with E-state index >= 15 is 4.39 Å². The number of thiazole rings is 1. The van der Waals surface area contributed by atoms with Crippen LogP contribution in [0.3, 0.4) is 0 Å². The molecule has 0 saturated carbocycles. The van der Waals surface area contributed by atoms with Gasteiger partial charge in [-0.05, 0) is 31.5 Å². The Balaban J connectivity index is 1.35. The van der Waals surface area contributed by atoms with Crippen LogP contribution in [0, 0.1) is 12.8 Å². The molecule has 1 amide bonds. The molecule has 37 heavy (non-hydrogen) atoms. The Kier molecular flexibility index (Phi) is 7.00. The number of carbonyl (C=O) groups excluding carboxylic acids is 2. The number of carbonyl (C=O) groups is 2. The third-order valence-corrected chi connectivity index (χ3v) is 7.89. The van der Waals surface area contributed by atoms with Crippen molar-refractivity contribution in [1.29, 1.82) is 0 Å². The van der Waals surface area contributed by atoms with Crippen molar-refractivity contribution in [3.63, 3.8) is 0 Å². The number of aromatic nitrogens is 1. The number of hydrogen-bond donors (Lipinski definition) is 1. The molecular formula is C26H30FN5O4S. The molecule has 0 bridgehead atoms. The van der Waals surface area contributed by atoms with Crippen LogP contribution in [0.5, 0.6) is 5.75 Å². The van der Waals surface area contributed by atoms with Crippen molar-refractivity contribution >= 4 is 34.7 Å². The maximum Gasteiger partial charge on any atom is 0.337 e. The van der Waals surface area contributed by atoms with E-state index < -0.39 is 23.5 Å². The number of esters is 1. The maximum absolute atomic E-state index is 16.1. The molecule has 2 aromatic rings. The fourth-order valence-electron chi connectivity index (χ4n) is 5.18. The Hall–Kier alpha value is -3.31. The Morgan fingerprint density at radius 2 is 2.19 bits per heavy atom. The number of anilines is 1. The van der Waals surface area contributed by atoms with Crippen LogP contribution in [0.2, 0.25) is 0 Å². The Bertz CT molecular complexity index is 1260. The molecule has 9 nitrogen and oxygen atoms in total. The average molecular weight is 528 g/mol. The number of amidine groups is 1. The molecule has 2 saturated heterocycles. The predicted molar refractivity (Wildman–Crippen MR) is 139 cm³/mol. The van der Waals surface area contributed by atoms with E-state index in [1.54, 1.807) is 20.2 Å². The van der Waals surface area contributed by atoms with Gasteiger partial charge in [-0.1, -0.05) is 6.07 Å². The van der Waals surface area contributed by atoms with Crippen LogP contribution in [-0.4, -0.2) is 79.7 Å². The van der Waals surface area contributed by atoms with Gasteiger partial charge in [-0.2, -0.15) is 0 Å². The fourth-order valence-corrected chi connectivity index (χ4v) is 5.78. The van der Waals surface area contributed by atoms with Crippen LogP contribution in [0.1, 0.15) is 23.9 Å². The van der Waals surface area contributed by atoms with E-state index in [9.17, 15) is 9.59 Å². The number of aryl methyl sites for hydroxylation is 1. The first-order valence-electron chi connectivity index (χ1n) is 12.3. The molecule has 2 unspecified atom stereocenters. The van der Waals surface area contributed by atoms with Gasteiger partial charge >= 0.3 is 5.97 Å². The summed E-state index contributed by atoms with van der Waals surface area (Å²) in [6.07, 6.45) is 1.78. The minimum Gasteiger partial charge on any atom is -0.495 e. The second-order valence-electron chi connectivity index (χ2n) is 9.44. The van der Waals surface area contributed by atoms with Gasteiger partial charge < -0.3 is 19.7 Å². The van der Waals surface area contributed by atoms with Gasteiger partial charge in [-0.3, -0.25) is 14.7 Å². The normalized spacial score (nSPS) is 24.0. The van der Waals surface area contributed by atoms with E-state index in [0.717, 1.165) is 10.6 Å². The standard InChI is InChI=1S/C26H30FN5O4S/c1-4-36-24(33)18-12-29-22(23-28-8-10-37-23)30-19(18)15-31-9-7-26(27)17(13-31)14-32(25(26)34)20-6-5-16(2)11-21(20)35-3/h5-6,8,10-11,17H,4,7,9,12-15H2,1-3H3,(H,29,30). The number of aliphatic imine (C=N–C) groups is 1. The highest BCUT2D eigenvalue weighted by molar-refractivity contribution is 7.11. The molecule has 0 aliphatic carbocycles. The second kappa shape index (κ2) is 10.2. The first-order chi connectivity index (χ1) is 17.8. The van der Waals surface area contributed by atoms with Gasteiger partial charge in [0.1, 0.15) is 5.75 Å². The lowest BCUT2D eigenvalue weighted by Gasteiger charge is -2.37. The topological polar surface area (TPSA) is 96.4 Å². The maximum atomic E-state index is 16.1. The number of rotatable bonds is 7. The van der Waals surface area contributed by atoms with Gasteiger partial charge in [0.05, 0.1) is 31.5 Å².